The van der Waals surface area contributed by atoms with Crippen LogP contribution in [0, 0.1) is 6.92 Å². The molecule has 1 fully saturated rings. The Morgan fingerprint density at radius 2 is 1.45 bits per heavy atom. The Balaban J connectivity index is 1.63. The third-order valence-electron chi connectivity index (χ3n) is 5.70. The summed E-state index contributed by atoms with van der Waals surface area (Å²) < 4.78 is 34.1. The molecule has 0 aromatic heterocycles. The molecule has 0 saturated carbocycles. The lowest BCUT2D eigenvalue weighted by Crippen LogP contribution is -2.44. The van der Waals surface area contributed by atoms with Crippen LogP contribution in [0.5, 0.6) is 11.5 Å². The molecule has 1 aliphatic heterocycles. The number of piperidine rings is 1. The van der Waals surface area contributed by atoms with Crippen molar-refractivity contribution in [3.05, 3.63) is 84.4 Å². The lowest BCUT2D eigenvalue weighted by molar-refractivity contribution is -0.130. The van der Waals surface area contributed by atoms with Crippen molar-refractivity contribution in [3.8, 4) is 11.5 Å². The van der Waals surface area contributed by atoms with Gasteiger partial charge < -0.3 is 9.64 Å². The minimum Gasteiger partial charge on any atom is -0.457 e. The highest BCUT2D eigenvalue weighted by Crippen LogP contribution is 2.28. The van der Waals surface area contributed by atoms with Gasteiger partial charge in [0, 0.05) is 13.1 Å². The first-order chi connectivity index (χ1) is 15.9. The maximum atomic E-state index is 13.6. The molecule has 0 spiro atoms. The summed E-state index contributed by atoms with van der Waals surface area (Å²) in [5.74, 6) is 1.09. The number of nitrogens with zero attached hydrogens (tertiary/aromatic N) is 2. The molecule has 1 amide bonds. The number of rotatable bonds is 7. The molecule has 172 valence electrons. The Hall–Kier alpha value is -3.32. The molecule has 0 N–H and O–H groups in total. The Morgan fingerprint density at radius 3 is 2.09 bits per heavy atom. The van der Waals surface area contributed by atoms with E-state index in [1.807, 2.05) is 37.3 Å². The van der Waals surface area contributed by atoms with E-state index < -0.39 is 10.0 Å². The Morgan fingerprint density at radius 1 is 0.848 bits per heavy atom. The zero-order valence-electron chi connectivity index (χ0n) is 18.7. The highest BCUT2D eigenvalue weighted by molar-refractivity contribution is 7.92. The first kappa shape index (κ1) is 22.9. The fourth-order valence-corrected chi connectivity index (χ4v) is 5.24. The van der Waals surface area contributed by atoms with Gasteiger partial charge in [-0.15, -0.1) is 0 Å². The Labute approximate surface area is 195 Å². The summed E-state index contributed by atoms with van der Waals surface area (Å²) in [7, 11) is -3.93. The second kappa shape index (κ2) is 10.1. The number of hydrogen-bond acceptors (Lipinski definition) is 4. The van der Waals surface area contributed by atoms with Crippen molar-refractivity contribution >= 4 is 21.6 Å². The van der Waals surface area contributed by atoms with E-state index in [9.17, 15) is 13.2 Å². The number of para-hydroxylation sites is 1. The molecule has 1 heterocycles. The van der Waals surface area contributed by atoms with E-state index in [1.54, 1.807) is 53.4 Å². The minimum absolute atomic E-state index is 0.157. The van der Waals surface area contributed by atoms with Crippen LogP contribution in [0.15, 0.2) is 83.8 Å². The van der Waals surface area contributed by atoms with Crippen LogP contribution in [0.3, 0.4) is 0 Å². The standard InChI is InChI=1S/C26H28N2O4S/c1-21-10-16-25(17-11-21)33(30,31)28(20-26(29)27-18-6-3-7-19-27)22-12-14-24(15-13-22)32-23-8-4-2-5-9-23/h2,4-5,8-17H,3,6-7,18-20H2,1H3. The monoisotopic (exact) mass is 464 g/mol. The van der Waals surface area contributed by atoms with Crippen LogP contribution in [0.25, 0.3) is 0 Å². The lowest BCUT2D eigenvalue weighted by atomic mass is 10.1. The second-order valence-electron chi connectivity index (χ2n) is 8.18. The van der Waals surface area contributed by atoms with Crippen LogP contribution >= 0.6 is 0 Å². The van der Waals surface area contributed by atoms with Crippen LogP contribution < -0.4 is 9.04 Å². The molecule has 3 aromatic carbocycles. The normalized spacial score (nSPS) is 14.0. The first-order valence-corrected chi connectivity index (χ1v) is 12.6. The zero-order valence-corrected chi connectivity index (χ0v) is 19.5. The molecule has 7 heteroatoms. The number of sulfonamides is 1. The summed E-state index contributed by atoms with van der Waals surface area (Å²) in [5, 5.41) is 0. The van der Waals surface area contributed by atoms with E-state index in [0.29, 0.717) is 30.3 Å². The number of ether oxygens (including phenoxy) is 1. The first-order valence-electron chi connectivity index (χ1n) is 11.1. The van der Waals surface area contributed by atoms with Gasteiger partial charge in [-0.3, -0.25) is 9.10 Å². The van der Waals surface area contributed by atoms with Crippen LogP contribution in [0.1, 0.15) is 24.8 Å². The van der Waals surface area contributed by atoms with E-state index in [-0.39, 0.29) is 17.3 Å². The van der Waals surface area contributed by atoms with E-state index in [1.165, 1.54) is 4.31 Å². The van der Waals surface area contributed by atoms with E-state index >= 15 is 0 Å². The average Bonchev–Trinajstić information content (AvgIpc) is 2.84. The molecular weight excluding hydrogens is 436 g/mol. The summed E-state index contributed by atoms with van der Waals surface area (Å²) in [5.41, 5.74) is 1.38. The molecule has 0 bridgehead atoms. The molecule has 0 radical (unpaired) electrons. The van der Waals surface area contributed by atoms with E-state index in [4.69, 9.17) is 4.74 Å². The van der Waals surface area contributed by atoms with Gasteiger partial charge in [-0.05, 0) is 74.7 Å². The van der Waals surface area contributed by atoms with Gasteiger partial charge >= 0.3 is 0 Å². The molecule has 1 aliphatic rings. The maximum Gasteiger partial charge on any atom is 0.264 e. The van der Waals surface area contributed by atoms with Gasteiger partial charge in [0.05, 0.1) is 10.6 Å². The number of anilines is 1. The SMILES string of the molecule is Cc1ccc(S(=O)(=O)N(CC(=O)N2CCCCC2)c2ccc(Oc3ccccc3)cc2)cc1. The van der Waals surface area contributed by atoms with Gasteiger partial charge in [0.2, 0.25) is 5.91 Å². The van der Waals surface area contributed by atoms with Gasteiger partial charge in [0.15, 0.2) is 0 Å². The number of amides is 1. The topological polar surface area (TPSA) is 66.9 Å². The number of carbonyl (C=O) groups is 1. The summed E-state index contributed by atoms with van der Waals surface area (Å²) in [6.45, 7) is 3.00. The number of aryl methyl sites for hydroxylation is 1. The molecule has 4 rings (SSSR count). The van der Waals surface area contributed by atoms with Crippen molar-refractivity contribution in [3.63, 3.8) is 0 Å². The van der Waals surface area contributed by atoms with Crippen molar-refractivity contribution in [1.29, 1.82) is 0 Å². The number of likely N-dealkylation sites (tertiary alicyclic amines) is 1. The fraction of sp³-hybridized carbons (Fsp3) is 0.269. The van der Waals surface area contributed by atoms with Crippen LogP contribution in [-0.2, 0) is 14.8 Å². The molecular formula is C26H28N2O4S. The van der Waals surface area contributed by atoms with Gasteiger partial charge in [0.1, 0.15) is 18.0 Å². The van der Waals surface area contributed by atoms with E-state index in [2.05, 4.69) is 0 Å². The predicted octanol–water partition coefficient (Wildman–Crippen LogP) is 5.00. The Kier molecular flexibility index (Phi) is 6.99. The van der Waals surface area contributed by atoms with Gasteiger partial charge in [-0.25, -0.2) is 8.42 Å². The summed E-state index contributed by atoms with van der Waals surface area (Å²) >= 11 is 0. The van der Waals surface area contributed by atoms with Crippen LogP contribution in [0.2, 0.25) is 0 Å². The maximum absolute atomic E-state index is 13.6. The quantitative estimate of drug-likeness (QED) is 0.494. The molecule has 1 saturated heterocycles. The third kappa shape index (κ3) is 5.54. The van der Waals surface area contributed by atoms with Crippen molar-refractivity contribution in [2.75, 3.05) is 23.9 Å². The highest BCUT2D eigenvalue weighted by Gasteiger charge is 2.29. The average molecular weight is 465 g/mol. The minimum atomic E-state index is -3.93. The third-order valence-corrected chi connectivity index (χ3v) is 7.49. The Bertz CT molecular complexity index is 1170. The van der Waals surface area contributed by atoms with Gasteiger partial charge in [-0.2, -0.15) is 0 Å². The van der Waals surface area contributed by atoms with Gasteiger partial charge in [0.25, 0.3) is 10.0 Å². The van der Waals surface area contributed by atoms with Crippen molar-refractivity contribution in [1.82, 2.24) is 4.90 Å². The van der Waals surface area contributed by atoms with Gasteiger partial charge in [-0.1, -0.05) is 35.9 Å². The second-order valence-corrected chi connectivity index (χ2v) is 10.0. The molecule has 6 nitrogen and oxygen atoms in total. The highest BCUT2D eigenvalue weighted by atomic mass is 32.2. The molecule has 0 unspecified atom stereocenters. The fourth-order valence-electron chi connectivity index (χ4n) is 3.82. The summed E-state index contributed by atoms with van der Waals surface area (Å²) in [4.78, 5) is 14.9. The number of hydrogen-bond donors (Lipinski definition) is 0. The molecule has 33 heavy (non-hydrogen) atoms. The smallest absolute Gasteiger partial charge is 0.264 e. The van der Waals surface area contributed by atoms with E-state index in [0.717, 1.165) is 24.8 Å². The summed E-state index contributed by atoms with van der Waals surface area (Å²) in [6.07, 6.45) is 2.99. The number of benzene rings is 3. The number of carbonyl (C=O) groups excluding carboxylic acids is 1. The largest absolute Gasteiger partial charge is 0.457 e. The predicted molar refractivity (Wildman–Crippen MR) is 129 cm³/mol. The van der Waals surface area contributed by atoms with Crippen molar-refractivity contribution in [2.45, 2.75) is 31.1 Å². The van der Waals surface area contributed by atoms with Crippen molar-refractivity contribution < 1.29 is 17.9 Å². The molecule has 0 aliphatic carbocycles. The lowest BCUT2D eigenvalue weighted by Gasteiger charge is -2.30. The van der Waals surface area contributed by atoms with Crippen molar-refractivity contribution in [2.24, 2.45) is 0 Å². The summed E-state index contributed by atoms with van der Waals surface area (Å²) in [6, 6.07) is 22.8. The molecule has 3 aromatic rings. The zero-order chi connectivity index (χ0) is 23.3. The molecule has 0 atom stereocenters. The van der Waals surface area contributed by atoms with Crippen LogP contribution in [0.4, 0.5) is 5.69 Å². The van der Waals surface area contributed by atoms with Crippen LogP contribution in [-0.4, -0.2) is 38.9 Å².